The lowest BCUT2D eigenvalue weighted by atomic mass is 10.2. The summed E-state index contributed by atoms with van der Waals surface area (Å²) in [6.07, 6.45) is 3.16. The number of aromatic nitrogens is 2. The Labute approximate surface area is 200 Å². The average molecular weight is 486 g/mol. The number of rotatable bonds is 9. The van der Waals surface area contributed by atoms with Crippen molar-refractivity contribution in [2.24, 2.45) is 0 Å². The number of amides is 1. The van der Waals surface area contributed by atoms with Crippen LogP contribution in [0.5, 0.6) is 0 Å². The summed E-state index contributed by atoms with van der Waals surface area (Å²) in [7, 11) is -3.70. The Balaban J connectivity index is 1.93. The SMILES string of the molecule is C=CCN(Cc1cnc(S(=O)(=O)Cc2ccc(C)cc2)n1C(C)C)C(=O)c1cccc(Cl)c1. The molecule has 6 nitrogen and oxygen atoms in total. The Bertz CT molecular complexity index is 1250. The highest BCUT2D eigenvalue weighted by molar-refractivity contribution is 7.90. The smallest absolute Gasteiger partial charge is 0.254 e. The molecule has 0 atom stereocenters. The van der Waals surface area contributed by atoms with Crippen LogP contribution in [0.3, 0.4) is 0 Å². The van der Waals surface area contributed by atoms with Crippen LogP contribution in [-0.2, 0) is 22.1 Å². The number of aryl methyl sites for hydroxylation is 1. The zero-order valence-electron chi connectivity index (χ0n) is 19.0. The number of carbonyl (C=O) groups excluding carboxylic acids is 1. The maximum absolute atomic E-state index is 13.2. The largest absolute Gasteiger partial charge is 0.329 e. The van der Waals surface area contributed by atoms with E-state index in [-0.39, 0.29) is 29.4 Å². The molecule has 0 aliphatic carbocycles. The van der Waals surface area contributed by atoms with Gasteiger partial charge in [-0.05, 0) is 44.5 Å². The molecule has 1 aromatic heterocycles. The van der Waals surface area contributed by atoms with Crippen molar-refractivity contribution >= 4 is 27.3 Å². The fraction of sp³-hybridized carbons (Fsp3) is 0.280. The summed E-state index contributed by atoms with van der Waals surface area (Å²) in [4.78, 5) is 19.0. The molecule has 1 amide bonds. The average Bonchev–Trinajstić information content (AvgIpc) is 3.19. The standard InChI is InChI=1S/C25H28ClN3O3S/c1-5-13-28(24(30)21-7-6-8-22(26)14-21)16-23-15-27-25(29(23)18(2)3)33(31,32)17-20-11-9-19(4)10-12-20/h5-12,14-15,18H,1,13,16-17H2,2-4H3. The number of hydrogen-bond acceptors (Lipinski definition) is 4. The van der Waals surface area contributed by atoms with E-state index >= 15 is 0 Å². The summed E-state index contributed by atoms with van der Waals surface area (Å²) < 4.78 is 28.2. The van der Waals surface area contributed by atoms with Crippen molar-refractivity contribution in [1.82, 2.24) is 14.5 Å². The number of nitrogens with zero attached hydrogens (tertiary/aromatic N) is 3. The van der Waals surface area contributed by atoms with E-state index in [1.807, 2.05) is 45.0 Å². The van der Waals surface area contributed by atoms with E-state index in [0.717, 1.165) is 5.56 Å². The second-order valence-electron chi connectivity index (χ2n) is 8.23. The lowest BCUT2D eigenvalue weighted by molar-refractivity contribution is 0.0758. The zero-order valence-corrected chi connectivity index (χ0v) is 20.6. The Morgan fingerprint density at radius 3 is 2.52 bits per heavy atom. The molecule has 0 aliphatic rings. The number of benzene rings is 2. The molecule has 0 fully saturated rings. The van der Waals surface area contributed by atoms with E-state index in [9.17, 15) is 13.2 Å². The van der Waals surface area contributed by atoms with Gasteiger partial charge in [0.05, 0.1) is 24.2 Å². The van der Waals surface area contributed by atoms with Crippen molar-refractivity contribution < 1.29 is 13.2 Å². The van der Waals surface area contributed by atoms with Gasteiger partial charge in [0.25, 0.3) is 5.91 Å². The van der Waals surface area contributed by atoms with Gasteiger partial charge in [-0.1, -0.05) is 53.6 Å². The Hall–Kier alpha value is -2.90. The van der Waals surface area contributed by atoms with Crippen molar-refractivity contribution in [3.63, 3.8) is 0 Å². The predicted molar refractivity (Wildman–Crippen MR) is 131 cm³/mol. The Kier molecular flexibility index (Phi) is 7.76. The van der Waals surface area contributed by atoms with Crippen LogP contribution in [0.2, 0.25) is 5.02 Å². The number of imidazole rings is 1. The highest BCUT2D eigenvalue weighted by Crippen LogP contribution is 2.24. The molecule has 0 bridgehead atoms. The summed E-state index contributed by atoms with van der Waals surface area (Å²) in [5, 5.41) is 0.470. The molecule has 0 saturated carbocycles. The van der Waals surface area contributed by atoms with Crippen LogP contribution in [0.1, 0.15) is 47.1 Å². The minimum Gasteiger partial charge on any atom is -0.329 e. The first kappa shape index (κ1) is 24.7. The Morgan fingerprint density at radius 1 is 1.21 bits per heavy atom. The van der Waals surface area contributed by atoms with E-state index < -0.39 is 9.84 Å². The quantitative estimate of drug-likeness (QED) is 0.389. The molecule has 3 aromatic rings. The molecule has 8 heteroatoms. The maximum atomic E-state index is 13.2. The Morgan fingerprint density at radius 2 is 1.91 bits per heavy atom. The minimum absolute atomic E-state index is 0.00170. The highest BCUT2D eigenvalue weighted by atomic mass is 35.5. The van der Waals surface area contributed by atoms with Crippen LogP contribution in [-0.4, -0.2) is 35.3 Å². The summed E-state index contributed by atoms with van der Waals surface area (Å²) in [5.41, 5.74) is 2.84. The maximum Gasteiger partial charge on any atom is 0.254 e. The molecular formula is C25H28ClN3O3S. The summed E-state index contributed by atoms with van der Waals surface area (Å²) in [5.74, 6) is -0.369. The van der Waals surface area contributed by atoms with Crippen molar-refractivity contribution in [2.75, 3.05) is 6.54 Å². The fourth-order valence-electron chi connectivity index (χ4n) is 3.62. The molecule has 0 saturated heterocycles. The van der Waals surface area contributed by atoms with Gasteiger partial charge in [0, 0.05) is 23.2 Å². The van der Waals surface area contributed by atoms with Crippen LogP contribution < -0.4 is 0 Å². The van der Waals surface area contributed by atoms with E-state index in [1.165, 1.54) is 6.20 Å². The molecule has 0 radical (unpaired) electrons. The summed E-state index contributed by atoms with van der Waals surface area (Å²) in [6, 6.07) is 14.0. The minimum atomic E-state index is -3.70. The van der Waals surface area contributed by atoms with Crippen molar-refractivity contribution in [3.8, 4) is 0 Å². The van der Waals surface area contributed by atoms with E-state index in [4.69, 9.17) is 11.6 Å². The normalized spacial score (nSPS) is 11.5. The third kappa shape index (κ3) is 5.92. The van der Waals surface area contributed by atoms with Gasteiger partial charge in [-0.2, -0.15) is 0 Å². The van der Waals surface area contributed by atoms with Gasteiger partial charge in [0.1, 0.15) is 0 Å². The molecule has 0 aliphatic heterocycles. The molecule has 2 aromatic carbocycles. The first-order chi connectivity index (χ1) is 15.6. The van der Waals surface area contributed by atoms with Crippen LogP contribution in [0.25, 0.3) is 0 Å². The molecule has 1 heterocycles. The number of hydrogen-bond donors (Lipinski definition) is 0. The van der Waals surface area contributed by atoms with Gasteiger partial charge in [0.15, 0.2) is 0 Å². The van der Waals surface area contributed by atoms with Crippen LogP contribution in [0.4, 0.5) is 0 Å². The summed E-state index contributed by atoms with van der Waals surface area (Å²) in [6.45, 7) is 9.97. The first-order valence-electron chi connectivity index (χ1n) is 10.6. The number of carbonyl (C=O) groups is 1. The van der Waals surface area contributed by atoms with Crippen LogP contribution >= 0.6 is 11.6 Å². The zero-order chi connectivity index (χ0) is 24.2. The second kappa shape index (κ2) is 10.4. The molecule has 0 unspecified atom stereocenters. The topological polar surface area (TPSA) is 72.3 Å². The van der Waals surface area contributed by atoms with Gasteiger partial charge in [-0.15, -0.1) is 6.58 Å². The van der Waals surface area contributed by atoms with Gasteiger partial charge < -0.3 is 9.47 Å². The van der Waals surface area contributed by atoms with Gasteiger partial charge in [-0.25, -0.2) is 13.4 Å². The monoisotopic (exact) mass is 485 g/mol. The lowest BCUT2D eigenvalue weighted by Crippen LogP contribution is -2.32. The van der Waals surface area contributed by atoms with Crippen molar-refractivity contribution in [2.45, 2.75) is 44.3 Å². The van der Waals surface area contributed by atoms with Crippen LogP contribution in [0, 0.1) is 6.92 Å². The van der Waals surface area contributed by atoms with Gasteiger partial charge in [-0.3, -0.25) is 4.79 Å². The third-order valence-corrected chi connectivity index (χ3v) is 6.98. The molecule has 33 heavy (non-hydrogen) atoms. The van der Waals surface area contributed by atoms with Crippen LogP contribution in [0.15, 0.2) is 72.5 Å². The lowest BCUT2D eigenvalue weighted by Gasteiger charge is -2.23. The van der Waals surface area contributed by atoms with Crippen molar-refractivity contribution in [1.29, 1.82) is 0 Å². The van der Waals surface area contributed by atoms with Gasteiger partial charge >= 0.3 is 0 Å². The highest BCUT2D eigenvalue weighted by Gasteiger charge is 2.27. The third-order valence-electron chi connectivity index (χ3n) is 5.17. The molecular weight excluding hydrogens is 458 g/mol. The predicted octanol–water partition coefficient (Wildman–Crippen LogP) is 5.23. The van der Waals surface area contributed by atoms with E-state index in [1.54, 1.807) is 39.8 Å². The molecule has 0 N–H and O–H groups in total. The first-order valence-corrected chi connectivity index (χ1v) is 12.7. The van der Waals surface area contributed by atoms with Gasteiger partial charge in [0.2, 0.25) is 15.0 Å². The molecule has 174 valence electrons. The fourth-order valence-corrected chi connectivity index (χ4v) is 5.41. The van der Waals surface area contributed by atoms with Crippen molar-refractivity contribution in [3.05, 3.63) is 94.8 Å². The number of halogens is 1. The second-order valence-corrected chi connectivity index (χ2v) is 10.5. The number of sulfone groups is 1. The molecule has 0 spiro atoms. The molecule has 3 rings (SSSR count). The summed E-state index contributed by atoms with van der Waals surface area (Å²) >= 11 is 6.05. The van der Waals surface area contributed by atoms with E-state index in [0.29, 0.717) is 28.4 Å². The van der Waals surface area contributed by atoms with E-state index in [2.05, 4.69) is 11.6 Å².